The van der Waals surface area contributed by atoms with Crippen LogP contribution in [0.4, 0.5) is 0 Å². The lowest BCUT2D eigenvalue weighted by Gasteiger charge is -2.04. The van der Waals surface area contributed by atoms with Gasteiger partial charge in [-0.1, -0.05) is 59.3 Å². The molecule has 3 aromatic heterocycles. The zero-order valence-corrected chi connectivity index (χ0v) is 19.1. The van der Waals surface area contributed by atoms with Gasteiger partial charge in [-0.3, -0.25) is 9.36 Å². The highest BCUT2D eigenvalue weighted by molar-refractivity contribution is 7.73. The van der Waals surface area contributed by atoms with Gasteiger partial charge in [-0.15, -0.1) is 0 Å². The molecule has 0 atom stereocenters. The van der Waals surface area contributed by atoms with E-state index in [2.05, 4.69) is 15.2 Å². The molecule has 0 radical (unpaired) electrons. The van der Waals surface area contributed by atoms with Crippen LogP contribution >= 0.6 is 35.2 Å². The van der Waals surface area contributed by atoms with Crippen molar-refractivity contribution in [1.82, 2.24) is 24.0 Å². The van der Waals surface area contributed by atoms with E-state index in [0.717, 1.165) is 11.4 Å². The molecule has 158 valence electrons. The fourth-order valence-corrected chi connectivity index (χ4v) is 4.93. The quantitative estimate of drug-likeness (QED) is 0.269. The Balaban J connectivity index is 1.56. The van der Waals surface area contributed by atoms with Crippen LogP contribution in [0.25, 0.3) is 21.7 Å². The molecule has 0 amide bonds. The second-order valence-corrected chi connectivity index (χ2v) is 8.87. The van der Waals surface area contributed by atoms with Gasteiger partial charge in [-0.05, 0) is 43.4 Å². The van der Waals surface area contributed by atoms with Crippen molar-refractivity contribution in [3.63, 3.8) is 0 Å². The van der Waals surface area contributed by atoms with Crippen molar-refractivity contribution in [3.8, 4) is 11.4 Å². The molecule has 5 aromatic rings. The number of benzene rings is 2. The molecule has 7 nitrogen and oxygen atoms in total. The summed E-state index contributed by atoms with van der Waals surface area (Å²) in [4.78, 5) is 17.5. The average Bonchev–Trinajstić information content (AvgIpc) is 3.30. The smallest absolute Gasteiger partial charge is 0.275 e. The number of para-hydroxylation sites is 2. The Hall–Kier alpha value is -3.40. The lowest BCUT2D eigenvalue weighted by Crippen LogP contribution is -2.16. The predicted molar refractivity (Wildman–Crippen MR) is 130 cm³/mol. The number of halogens is 1. The van der Waals surface area contributed by atoms with E-state index in [4.69, 9.17) is 23.8 Å². The molecule has 0 unspecified atom stereocenters. The van der Waals surface area contributed by atoms with Gasteiger partial charge in [0, 0.05) is 5.69 Å². The molecule has 0 fully saturated rings. The fraction of sp³-hybridized carbons (Fsp3) is 0.0455. The molecule has 32 heavy (non-hydrogen) atoms. The third-order valence-corrected chi connectivity index (χ3v) is 6.57. The van der Waals surface area contributed by atoms with Crippen LogP contribution in [0.5, 0.6) is 0 Å². The molecule has 3 heterocycles. The van der Waals surface area contributed by atoms with E-state index in [-0.39, 0.29) is 5.56 Å². The van der Waals surface area contributed by atoms with Crippen molar-refractivity contribution in [2.75, 3.05) is 0 Å². The largest absolute Gasteiger partial charge is 0.293 e. The summed E-state index contributed by atoms with van der Waals surface area (Å²) in [6.45, 7) is 1.84. The second kappa shape index (κ2) is 8.27. The Morgan fingerprint density at radius 1 is 1.06 bits per heavy atom. The Morgan fingerprint density at radius 3 is 2.41 bits per heavy atom. The number of aryl methyl sites for hydroxylation is 1. The van der Waals surface area contributed by atoms with E-state index >= 15 is 0 Å². The first-order valence-corrected chi connectivity index (χ1v) is 11.2. The normalized spacial score (nSPS) is 11.6. The molecule has 0 aliphatic rings. The zero-order chi connectivity index (χ0) is 22.2. The molecule has 5 rings (SSSR count). The van der Waals surface area contributed by atoms with E-state index in [1.54, 1.807) is 9.25 Å². The van der Waals surface area contributed by atoms with Crippen molar-refractivity contribution in [3.05, 3.63) is 97.7 Å². The van der Waals surface area contributed by atoms with E-state index < -0.39 is 0 Å². The van der Waals surface area contributed by atoms with Crippen molar-refractivity contribution < 1.29 is 0 Å². The molecule has 0 spiro atoms. The van der Waals surface area contributed by atoms with E-state index in [0.29, 0.717) is 30.7 Å². The van der Waals surface area contributed by atoms with E-state index in [1.165, 1.54) is 28.6 Å². The molecular formula is C22H15ClN6OS2. The summed E-state index contributed by atoms with van der Waals surface area (Å²) in [5, 5.41) is 9.21. The number of fused-ring (bicyclic) bond motifs is 1. The van der Waals surface area contributed by atoms with Crippen LogP contribution in [0.2, 0.25) is 5.15 Å². The minimum Gasteiger partial charge on any atom is -0.275 e. The monoisotopic (exact) mass is 478 g/mol. The van der Waals surface area contributed by atoms with Crippen molar-refractivity contribution >= 4 is 51.7 Å². The number of hydrogen-bond acceptors (Lipinski definition) is 6. The van der Waals surface area contributed by atoms with Crippen LogP contribution in [-0.2, 0) is 0 Å². The predicted octanol–water partition coefficient (Wildman–Crippen LogP) is 5.01. The maximum atomic E-state index is 13.0. The molecular weight excluding hydrogens is 464 g/mol. The van der Waals surface area contributed by atoms with Gasteiger partial charge < -0.3 is 0 Å². The first-order chi connectivity index (χ1) is 15.5. The molecule has 0 aliphatic heterocycles. The van der Waals surface area contributed by atoms with Crippen LogP contribution in [0, 0.1) is 10.9 Å². The molecule has 0 N–H and O–H groups in total. The van der Waals surface area contributed by atoms with Crippen molar-refractivity contribution in [2.24, 2.45) is 5.10 Å². The van der Waals surface area contributed by atoms with Gasteiger partial charge in [0.2, 0.25) is 0 Å². The fourth-order valence-electron chi connectivity index (χ4n) is 3.29. The summed E-state index contributed by atoms with van der Waals surface area (Å²) < 4.78 is 5.57. The van der Waals surface area contributed by atoms with Crippen LogP contribution in [0.15, 0.2) is 76.9 Å². The second-order valence-electron chi connectivity index (χ2n) is 6.87. The Bertz CT molecular complexity index is 1580. The highest BCUT2D eigenvalue weighted by Crippen LogP contribution is 2.23. The maximum absolute atomic E-state index is 13.0. The molecule has 0 saturated heterocycles. The summed E-state index contributed by atoms with van der Waals surface area (Å²) in [7, 11) is 0. The Labute approximate surface area is 196 Å². The van der Waals surface area contributed by atoms with Gasteiger partial charge in [0.25, 0.3) is 5.56 Å². The number of thiazole rings is 1. The lowest BCUT2D eigenvalue weighted by molar-refractivity contribution is 0.814. The van der Waals surface area contributed by atoms with E-state index in [9.17, 15) is 4.79 Å². The van der Waals surface area contributed by atoms with Crippen LogP contribution in [-0.4, -0.2) is 30.2 Å². The van der Waals surface area contributed by atoms with Gasteiger partial charge in [0.05, 0.1) is 23.2 Å². The van der Waals surface area contributed by atoms with Crippen LogP contribution < -0.4 is 5.56 Å². The van der Waals surface area contributed by atoms with Gasteiger partial charge in [0.15, 0.2) is 9.60 Å². The van der Waals surface area contributed by atoms with Crippen LogP contribution in [0.1, 0.15) is 11.3 Å². The van der Waals surface area contributed by atoms with E-state index in [1.807, 2.05) is 67.6 Å². The summed E-state index contributed by atoms with van der Waals surface area (Å²) in [6.07, 6.45) is 2.90. The highest BCUT2D eigenvalue weighted by atomic mass is 35.5. The summed E-state index contributed by atoms with van der Waals surface area (Å²) in [6, 6.07) is 19.1. The van der Waals surface area contributed by atoms with Gasteiger partial charge >= 0.3 is 0 Å². The minimum absolute atomic E-state index is 0.304. The SMILES string of the molecule is Cc1nn(-c2ccccc2)c(Cl)c1C=Nn1cnc2c(sc(=S)n2-c2ccccc2)c1=O. The van der Waals surface area contributed by atoms with Crippen LogP contribution in [0.3, 0.4) is 0 Å². The average molecular weight is 479 g/mol. The van der Waals surface area contributed by atoms with Crippen molar-refractivity contribution in [1.29, 1.82) is 0 Å². The Kier molecular flexibility index (Phi) is 5.30. The summed E-state index contributed by atoms with van der Waals surface area (Å²) in [5.74, 6) is 0. The number of aromatic nitrogens is 5. The highest BCUT2D eigenvalue weighted by Gasteiger charge is 2.15. The molecule has 10 heteroatoms. The minimum atomic E-state index is -0.304. The first-order valence-electron chi connectivity index (χ1n) is 9.58. The van der Waals surface area contributed by atoms with Gasteiger partial charge in [-0.2, -0.15) is 14.9 Å². The number of nitrogens with zero attached hydrogens (tertiary/aromatic N) is 6. The zero-order valence-electron chi connectivity index (χ0n) is 16.7. The third-order valence-electron chi connectivity index (χ3n) is 4.85. The summed E-state index contributed by atoms with van der Waals surface area (Å²) >= 11 is 13.2. The maximum Gasteiger partial charge on any atom is 0.293 e. The molecule has 0 aliphatic carbocycles. The van der Waals surface area contributed by atoms with Gasteiger partial charge in [0.1, 0.15) is 16.2 Å². The van der Waals surface area contributed by atoms with Crippen molar-refractivity contribution in [2.45, 2.75) is 6.92 Å². The van der Waals surface area contributed by atoms with Gasteiger partial charge in [-0.25, -0.2) is 9.67 Å². The molecule has 0 saturated carbocycles. The topological polar surface area (TPSA) is 70.0 Å². The first kappa shape index (κ1) is 20.5. The number of hydrogen-bond donors (Lipinski definition) is 0. The molecule has 2 aromatic carbocycles. The lowest BCUT2D eigenvalue weighted by atomic mass is 10.3. The third kappa shape index (κ3) is 3.50. The molecule has 0 bridgehead atoms. The summed E-state index contributed by atoms with van der Waals surface area (Å²) in [5.41, 5.74) is 3.21. The standard InChI is InChI=1S/C22H15ClN6OS2/c1-14-17(19(23)29(26-14)16-10-6-3-7-11-16)12-25-27-13-24-20-18(21(27)30)32-22(31)28(20)15-8-4-2-5-9-15/h2-13H,1H3. The Morgan fingerprint density at radius 2 is 1.72 bits per heavy atom. The number of rotatable bonds is 4.